The highest BCUT2D eigenvalue weighted by atomic mass is 16.6. The Kier molecular flexibility index (Phi) is 4.73. The Morgan fingerprint density at radius 1 is 1.20 bits per heavy atom. The largest absolute Gasteiger partial charge is 0.465 e. The molecule has 0 radical (unpaired) electrons. The molecule has 1 fully saturated rings. The zero-order valence-corrected chi connectivity index (χ0v) is 13.7. The van der Waals surface area contributed by atoms with Gasteiger partial charge < -0.3 is 14.5 Å². The minimum atomic E-state index is -0.489. The van der Waals surface area contributed by atoms with E-state index in [-0.39, 0.29) is 10.6 Å². The molecule has 0 atom stereocenters. The highest BCUT2D eigenvalue weighted by Crippen LogP contribution is 2.29. The number of rotatable bonds is 4. The molecule has 1 aromatic heterocycles. The Hall–Kier alpha value is -3.23. The molecule has 0 spiro atoms. The summed E-state index contributed by atoms with van der Waals surface area (Å²) in [7, 11) is 1.31. The molecule has 0 unspecified atom stereocenters. The molecule has 2 heterocycles. The molecule has 3 rings (SSSR count). The van der Waals surface area contributed by atoms with Gasteiger partial charge in [-0.25, -0.2) is 14.8 Å². The summed E-state index contributed by atoms with van der Waals surface area (Å²) in [4.78, 5) is 34.7. The van der Waals surface area contributed by atoms with Gasteiger partial charge in [-0.3, -0.25) is 10.1 Å². The fourth-order valence-electron chi connectivity index (χ4n) is 2.87. The van der Waals surface area contributed by atoms with E-state index in [1.54, 1.807) is 18.2 Å². The summed E-state index contributed by atoms with van der Waals surface area (Å²) in [6, 6.07) is 6.69. The predicted molar refractivity (Wildman–Crippen MR) is 90.9 cm³/mol. The van der Waals surface area contributed by atoms with E-state index < -0.39 is 5.97 Å². The second-order valence-corrected chi connectivity index (χ2v) is 5.47. The fraction of sp³-hybridized carbons (Fsp3) is 0.312. The van der Waals surface area contributed by atoms with E-state index in [2.05, 4.69) is 9.97 Å². The number of para-hydroxylation sites is 2. The molecular weight excluding hydrogens is 326 g/mol. The van der Waals surface area contributed by atoms with Crippen LogP contribution in [0.5, 0.6) is 0 Å². The SMILES string of the molecule is COC(=O)c1cncnc1N1CCN(c2ccccc2[N+](=O)[O-])CC1. The first-order valence-electron chi connectivity index (χ1n) is 7.73. The third-order valence-electron chi connectivity index (χ3n) is 4.09. The van der Waals surface area contributed by atoms with Crippen LogP contribution in [-0.4, -0.2) is 54.1 Å². The van der Waals surface area contributed by atoms with Gasteiger partial charge in [0, 0.05) is 38.4 Å². The second kappa shape index (κ2) is 7.12. The maximum Gasteiger partial charge on any atom is 0.343 e. The van der Waals surface area contributed by atoms with Crippen LogP contribution in [0.2, 0.25) is 0 Å². The van der Waals surface area contributed by atoms with E-state index in [4.69, 9.17) is 4.74 Å². The molecule has 0 aliphatic carbocycles. The lowest BCUT2D eigenvalue weighted by Gasteiger charge is -2.36. The minimum absolute atomic E-state index is 0.0910. The van der Waals surface area contributed by atoms with Crippen LogP contribution in [0.25, 0.3) is 0 Å². The topological polar surface area (TPSA) is 102 Å². The number of carbonyl (C=O) groups is 1. The van der Waals surface area contributed by atoms with E-state index in [0.717, 1.165) is 0 Å². The molecule has 1 aliphatic heterocycles. The highest BCUT2D eigenvalue weighted by Gasteiger charge is 2.26. The molecule has 0 saturated carbocycles. The van der Waals surface area contributed by atoms with Crippen LogP contribution in [0.15, 0.2) is 36.8 Å². The van der Waals surface area contributed by atoms with Crippen molar-refractivity contribution in [3.63, 3.8) is 0 Å². The molecule has 1 aliphatic rings. The van der Waals surface area contributed by atoms with E-state index >= 15 is 0 Å². The molecule has 0 N–H and O–H groups in total. The van der Waals surface area contributed by atoms with Gasteiger partial charge in [0.05, 0.1) is 12.0 Å². The lowest BCUT2D eigenvalue weighted by Crippen LogP contribution is -2.47. The Morgan fingerprint density at radius 2 is 1.88 bits per heavy atom. The maximum absolute atomic E-state index is 11.9. The Morgan fingerprint density at radius 3 is 2.56 bits per heavy atom. The molecule has 130 valence electrons. The first kappa shape index (κ1) is 16.6. The van der Waals surface area contributed by atoms with Gasteiger partial charge in [0.1, 0.15) is 23.4 Å². The minimum Gasteiger partial charge on any atom is -0.465 e. The fourth-order valence-corrected chi connectivity index (χ4v) is 2.87. The first-order valence-corrected chi connectivity index (χ1v) is 7.73. The number of hydrogen-bond acceptors (Lipinski definition) is 8. The van der Waals surface area contributed by atoms with Crippen LogP contribution in [-0.2, 0) is 4.74 Å². The number of piperazine rings is 1. The third-order valence-corrected chi connectivity index (χ3v) is 4.09. The summed E-state index contributed by atoms with van der Waals surface area (Å²) in [5.74, 6) is 0.0285. The van der Waals surface area contributed by atoms with Crippen LogP contribution in [0.4, 0.5) is 17.2 Å². The van der Waals surface area contributed by atoms with Gasteiger partial charge in [0.25, 0.3) is 5.69 Å². The van der Waals surface area contributed by atoms with Crippen molar-refractivity contribution in [2.45, 2.75) is 0 Å². The number of hydrogen-bond donors (Lipinski definition) is 0. The van der Waals surface area contributed by atoms with E-state index in [0.29, 0.717) is 43.2 Å². The molecule has 0 bridgehead atoms. The van der Waals surface area contributed by atoms with Crippen LogP contribution in [0.1, 0.15) is 10.4 Å². The van der Waals surface area contributed by atoms with Crippen LogP contribution in [0, 0.1) is 10.1 Å². The average Bonchev–Trinajstić information content (AvgIpc) is 2.67. The van der Waals surface area contributed by atoms with Crippen LogP contribution < -0.4 is 9.80 Å². The van der Waals surface area contributed by atoms with Gasteiger partial charge in [-0.05, 0) is 6.07 Å². The van der Waals surface area contributed by atoms with Crippen molar-refractivity contribution in [3.8, 4) is 0 Å². The Bertz CT molecular complexity index is 790. The van der Waals surface area contributed by atoms with Gasteiger partial charge in [0.2, 0.25) is 0 Å². The molecule has 9 nitrogen and oxygen atoms in total. The number of ether oxygens (including phenoxy) is 1. The number of nitro benzene ring substituents is 1. The molecule has 1 saturated heterocycles. The molecule has 1 aromatic carbocycles. The first-order chi connectivity index (χ1) is 12.1. The number of aromatic nitrogens is 2. The molecule has 25 heavy (non-hydrogen) atoms. The number of nitrogens with zero attached hydrogens (tertiary/aromatic N) is 5. The lowest BCUT2D eigenvalue weighted by molar-refractivity contribution is -0.384. The summed E-state index contributed by atoms with van der Waals surface area (Å²) in [5.41, 5.74) is 1.00. The number of carbonyl (C=O) groups excluding carboxylic acids is 1. The standard InChI is InChI=1S/C16H17N5O4/c1-25-16(22)12-10-17-11-18-15(12)20-8-6-19(7-9-20)13-4-2-3-5-14(13)21(23)24/h2-5,10-11H,6-9H2,1H3. The van der Waals surface area contributed by atoms with Crippen molar-refractivity contribution in [3.05, 3.63) is 52.5 Å². The summed E-state index contributed by atoms with van der Waals surface area (Å²) >= 11 is 0. The van der Waals surface area contributed by atoms with Gasteiger partial charge in [0.15, 0.2) is 0 Å². The summed E-state index contributed by atoms with van der Waals surface area (Å²) in [6.45, 7) is 2.31. The number of nitro groups is 1. The van der Waals surface area contributed by atoms with Crippen molar-refractivity contribution in [2.24, 2.45) is 0 Å². The van der Waals surface area contributed by atoms with Crippen LogP contribution in [0.3, 0.4) is 0 Å². The lowest BCUT2D eigenvalue weighted by atomic mass is 10.2. The second-order valence-electron chi connectivity index (χ2n) is 5.47. The molecule has 9 heteroatoms. The maximum atomic E-state index is 11.9. The van der Waals surface area contributed by atoms with Crippen molar-refractivity contribution < 1.29 is 14.5 Å². The number of benzene rings is 1. The van der Waals surface area contributed by atoms with Crippen molar-refractivity contribution in [2.75, 3.05) is 43.1 Å². The van der Waals surface area contributed by atoms with Crippen molar-refractivity contribution >= 4 is 23.2 Å². The average molecular weight is 343 g/mol. The monoisotopic (exact) mass is 343 g/mol. The number of esters is 1. The molecule has 0 amide bonds. The van der Waals surface area contributed by atoms with Crippen molar-refractivity contribution in [1.82, 2.24) is 9.97 Å². The third kappa shape index (κ3) is 3.35. The summed E-state index contributed by atoms with van der Waals surface area (Å²) in [5, 5.41) is 11.2. The normalized spacial score (nSPS) is 14.3. The Balaban J connectivity index is 1.78. The van der Waals surface area contributed by atoms with E-state index in [1.807, 2.05) is 9.80 Å². The van der Waals surface area contributed by atoms with E-state index in [9.17, 15) is 14.9 Å². The van der Waals surface area contributed by atoms with Gasteiger partial charge in [-0.2, -0.15) is 0 Å². The van der Waals surface area contributed by atoms with Gasteiger partial charge >= 0.3 is 5.97 Å². The predicted octanol–water partition coefficient (Wildman–Crippen LogP) is 1.50. The Labute approximate surface area is 144 Å². The quantitative estimate of drug-likeness (QED) is 0.467. The zero-order valence-electron chi connectivity index (χ0n) is 13.7. The smallest absolute Gasteiger partial charge is 0.343 e. The number of anilines is 2. The molecule has 2 aromatic rings. The highest BCUT2D eigenvalue weighted by molar-refractivity contribution is 5.94. The molecular formula is C16H17N5O4. The summed E-state index contributed by atoms with van der Waals surface area (Å²) < 4.78 is 4.77. The van der Waals surface area contributed by atoms with Crippen LogP contribution >= 0.6 is 0 Å². The summed E-state index contributed by atoms with van der Waals surface area (Å²) in [6.07, 6.45) is 2.82. The van der Waals surface area contributed by atoms with E-state index in [1.165, 1.54) is 25.7 Å². The van der Waals surface area contributed by atoms with Gasteiger partial charge in [-0.1, -0.05) is 12.1 Å². The van der Waals surface area contributed by atoms with Gasteiger partial charge in [-0.15, -0.1) is 0 Å². The van der Waals surface area contributed by atoms with Crippen molar-refractivity contribution in [1.29, 1.82) is 0 Å². The number of methoxy groups -OCH3 is 1. The zero-order chi connectivity index (χ0) is 17.8.